The Bertz CT molecular complexity index is 543. The monoisotopic (exact) mass is 314 g/mol. The summed E-state index contributed by atoms with van der Waals surface area (Å²) in [5, 5.41) is 8.86. The van der Waals surface area contributed by atoms with Gasteiger partial charge in [0.15, 0.2) is 0 Å². The zero-order valence-electron chi connectivity index (χ0n) is 14.3. The summed E-state index contributed by atoms with van der Waals surface area (Å²) in [6.45, 7) is 5.64. The number of benzene rings is 1. The summed E-state index contributed by atoms with van der Waals surface area (Å²) in [5.41, 5.74) is 1.65. The summed E-state index contributed by atoms with van der Waals surface area (Å²) in [5.74, 6) is 0.161. The number of methoxy groups -OCH3 is 1. The van der Waals surface area contributed by atoms with Crippen LogP contribution in [0.15, 0.2) is 36.4 Å². The van der Waals surface area contributed by atoms with Crippen molar-refractivity contribution < 1.29 is 9.53 Å². The lowest BCUT2D eigenvalue weighted by Crippen LogP contribution is -2.37. The molecule has 1 atom stereocenters. The molecule has 1 rings (SSSR count). The fourth-order valence-electron chi connectivity index (χ4n) is 2.37. The highest BCUT2D eigenvalue weighted by Crippen LogP contribution is 2.16. The Hall–Kier alpha value is -2.12. The van der Waals surface area contributed by atoms with Crippen LogP contribution in [0.5, 0.6) is 0 Å². The number of hydrogen-bond donors (Lipinski definition) is 0. The van der Waals surface area contributed by atoms with Gasteiger partial charge in [-0.25, -0.2) is 0 Å². The molecule has 4 heteroatoms. The molecule has 124 valence electrons. The van der Waals surface area contributed by atoms with Gasteiger partial charge in [-0.3, -0.25) is 4.79 Å². The van der Waals surface area contributed by atoms with Crippen LogP contribution in [0.2, 0.25) is 0 Å². The molecule has 1 unspecified atom stereocenters. The molecule has 0 saturated carbocycles. The van der Waals surface area contributed by atoms with Crippen molar-refractivity contribution in [2.24, 2.45) is 5.92 Å². The summed E-state index contributed by atoms with van der Waals surface area (Å²) in [4.78, 5) is 14.6. The van der Waals surface area contributed by atoms with E-state index in [4.69, 9.17) is 10.00 Å². The Labute approximate surface area is 139 Å². The first-order chi connectivity index (χ1) is 11.2. The first-order valence-corrected chi connectivity index (χ1v) is 8.04. The van der Waals surface area contributed by atoms with Gasteiger partial charge in [-0.05, 0) is 37.5 Å². The molecule has 1 amide bonds. The molecule has 0 aliphatic carbocycles. The molecule has 0 N–H and O–H groups in total. The number of carbonyl (C=O) groups excluding carboxylic acids is 1. The second kappa shape index (κ2) is 10.6. The lowest BCUT2D eigenvalue weighted by Gasteiger charge is -2.26. The molecule has 0 spiro atoms. The van der Waals surface area contributed by atoms with Crippen molar-refractivity contribution in [3.05, 3.63) is 47.5 Å². The second-order valence-corrected chi connectivity index (χ2v) is 5.47. The van der Waals surface area contributed by atoms with E-state index in [1.165, 1.54) is 0 Å². The van der Waals surface area contributed by atoms with Gasteiger partial charge in [0.05, 0.1) is 18.2 Å². The van der Waals surface area contributed by atoms with Gasteiger partial charge >= 0.3 is 0 Å². The van der Waals surface area contributed by atoms with Crippen molar-refractivity contribution in [1.82, 2.24) is 4.90 Å². The third-order valence-electron chi connectivity index (χ3n) is 3.83. The number of nitrogens with zero attached hydrogens (tertiary/aromatic N) is 2. The van der Waals surface area contributed by atoms with Crippen LogP contribution in [0.4, 0.5) is 0 Å². The van der Waals surface area contributed by atoms with E-state index >= 15 is 0 Å². The molecule has 0 radical (unpaired) electrons. The molecule has 1 aromatic rings. The lowest BCUT2D eigenvalue weighted by atomic mass is 10.00. The minimum Gasteiger partial charge on any atom is -0.383 e. The van der Waals surface area contributed by atoms with Gasteiger partial charge in [-0.2, -0.15) is 5.26 Å². The van der Waals surface area contributed by atoms with Gasteiger partial charge in [0.2, 0.25) is 5.91 Å². The maximum Gasteiger partial charge on any atom is 0.226 e. The minimum atomic E-state index is 0.00133. The minimum absolute atomic E-state index is 0.00133. The van der Waals surface area contributed by atoms with Gasteiger partial charge in [0, 0.05) is 26.1 Å². The average molecular weight is 314 g/mol. The van der Waals surface area contributed by atoms with Gasteiger partial charge in [-0.15, -0.1) is 0 Å². The topological polar surface area (TPSA) is 53.3 Å². The maximum atomic E-state index is 12.8. The lowest BCUT2D eigenvalue weighted by molar-refractivity contribution is -0.136. The normalized spacial score (nSPS) is 12.1. The first kappa shape index (κ1) is 18.9. The predicted octanol–water partition coefficient (Wildman–Crippen LogP) is 3.53. The maximum absolute atomic E-state index is 12.8. The van der Waals surface area contributed by atoms with E-state index in [1.54, 1.807) is 19.2 Å². The van der Waals surface area contributed by atoms with Crippen molar-refractivity contribution in [3.8, 4) is 6.07 Å². The zero-order chi connectivity index (χ0) is 17.1. The summed E-state index contributed by atoms with van der Waals surface area (Å²) in [6.07, 6.45) is 5.61. The highest BCUT2D eigenvalue weighted by molar-refractivity contribution is 5.79. The van der Waals surface area contributed by atoms with E-state index in [-0.39, 0.29) is 11.8 Å². The molecule has 0 saturated heterocycles. The third kappa shape index (κ3) is 6.25. The Morgan fingerprint density at radius 3 is 2.61 bits per heavy atom. The van der Waals surface area contributed by atoms with Crippen LogP contribution in [-0.2, 0) is 16.1 Å². The van der Waals surface area contributed by atoms with Crippen molar-refractivity contribution in [3.63, 3.8) is 0 Å². The molecule has 0 heterocycles. The van der Waals surface area contributed by atoms with E-state index in [1.807, 2.05) is 43.0 Å². The van der Waals surface area contributed by atoms with E-state index in [0.29, 0.717) is 25.3 Å². The molecule has 4 nitrogen and oxygen atoms in total. The number of ether oxygens (including phenoxy) is 1. The van der Waals surface area contributed by atoms with Gasteiger partial charge < -0.3 is 9.64 Å². The van der Waals surface area contributed by atoms with Gasteiger partial charge in [0.1, 0.15) is 0 Å². The quantitative estimate of drug-likeness (QED) is 0.655. The smallest absolute Gasteiger partial charge is 0.226 e. The van der Waals surface area contributed by atoms with E-state index < -0.39 is 0 Å². The van der Waals surface area contributed by atoms with Gasteiger partial charge in [-0.1, -0.05) is 31.2 Å². The number of carbonyl (C=O) groups is 1. The van der Waals surface area contributed by atoms with E-state index in [2.05, 4.69) is 6.07 Å². The van der Waals surface area contributed by atoms with Crippen LogP contribution in [0.3, 0.4) is 0 Å². The van der Waals surface area contributed by atoms with E-state index in [0.717, 1.165) is 18.4 Å². The Kier molecular flexibility index (Phi) is 8.71. The number of allylic oxidation sites excluding steroid dienone is 2. The van der Waals surface area contributed by atoms with Crippen LogP contribution in [0, 0.1) is 17.2 Å². The fourth-order valence-corrected chi connectivity index (χ4v) is 2.37. The van der Waals surface area contributed by atoms with Crippen LogP contribution in [0.25, 0.3) is 0 Å². The van der Waals surface area contributed by atoms with Crippen molar-refractivity contribution in [2.45, 2.75) is 33.2 Å². The van der Waals surface area contributed by atoms with Crippen molar-refractivity contribution in [2.75, 3.05) is 20.3 Å². The SMILES string of the molecule is C/C=C/CC(CC)C(=O)N(CCOC)Cc1ccc(C#N)cc1. The molecule has 0 aromatic heterocycles. The Balaban J connectivity index is 2.84. The summed E-state index contributed by atoms with van der Waals surface area (Å²) < 4.78 is 5.14. The highest BCUT2D eigenvalue weighted by atomic mass is 16.5. The van der Waals surface area contributed by atoms with Gasteiger partial charge in [0.25, 0.3) is 0 Å². The Morgan fingerprint density at radius 1 is 1.39 bits per heavy atom. The zero-order valence-corrected chi connectivity index (χ0v) is 14.3. The Morgan fingerprint density at radius 2 is 2.09 bits per heavy atom. The highest BCUT2D eigenvalue weighted by Gasteiger charge is 2.22. The number of nitriles is 1. The van der Waals surface area contributed by atoms with Crippen LogP contribution in [0.1, 0.15) is 37.8 Å². The second-order valence-electron chi connectivity index (χ2n) is 5.47. The van der Waals surface area contributed by atoms with Crippen LogP contribution in [-0.4, -0.2) is 31.1 Å². The number of rotatable bonds is 9. The molecule has 0 fully saturated rings. The molecule has 0 aliphatic heterocycles. The molecule has 0 aliphatic rings. The predicted molar refractivity (Wildman–Crippen MR) is 91.7 cm³/mol. The number of amides is 1. The molecule has 0 bridgehead atoms. The standard InChI is InChI=1S/C19H26N2O2/c1-4-6-7-18(5-2)19(22)21(12-13-23-3)15-17-10-8-16(14-20)9-11-17/h4,6,8-11,18H,5,7,12-13,15H2,1-3H3/b6-4+. The molecule has 1 aromatic carbocycles. The summed E-state index contributed by atoms with van der Waals surface area (Å²) >= 11 is 0. The summed E-state index contributed by atoms with van der Waals surface area (Å²) in [6, 6.07) is 9.48. The van der Waals surface area contributed by atoms with E-state index in [9.17, 15) is 4.79 Å². The number of hydrogen-bond acceptors (Lipinski definition) is 3. The van der Waals surface area contributed by atoms with Crippen molar-refractivity contribution in [1.29, 1.82) is 5.26 Å². The first-order valence-electron chi connectivity index (χ1n) is 8.04. The van der Waals surface area contributed by atoms with Crippen molar-refractivity contribution >= 4 is 5.91 Å². The fraction of sp³-hybridized carbons (Fsp3) is 0.474. The average Bonchev–Trinajstić information content (AvgIpc) is 2.59. The summed E-state index contributed by atoms with van der Waals surface area (Å²) in [7, 11) is 1.64. The molecular formula is C19H26N2O2. The van der Waals surface area contributed by atoms with Crippen LogP contribution >= 0.6 is 0 Å². The van der Waals surface area contributed by atoms with Crippen LogP contribution < -0.4 is 0 Å². The molecular weight excluding hydrogens is 288 g/mol. The third-order valence-corrected chi connectivity index (χ3v) is 3.83. The largest absolute Gasteiger partial charge is 0.383 e. The molecule has 23 heavy (non-hydrogen) atoms.